The lowest BCUT2D eigenvalue weighted by Gasteiger charge is -2.25. The number of fused-ring (bicyclic) bond motifs is 2. The van der Waals surface area contributed by atoms with Gasteiger partial charge < -0.3 is 10.5 Å². The van der Waals surface area contributed by atoms with Gasteiger partial charge in [0.15, 0.2) is 0 Å². The van der Waals surface area contributed by atoms with Crippen LogP contribution >= 0.6 is 0 Å². The number of benzene rings is 2. The minimum atomic E-state index is -0.0265. The highest BCUT2D eigenvalue weighted by Gasteiger charge is 2.39. The number of hydrogen-bond donors (Lipinski definition) is 1. The standard InChI is InChI=1S/C19H17NO.H2/c20-17-12-18-16(11-15(17)14-7-3-1-4-8-14)19(13-21-18)9-5-2-6-10-19;/h1-9,11-12H,10,13,20H2;1H. The van der Waals surface area contributed by atoms with Gasteiger partial charge in [-0.05, 0) is 18.1 Å². The van der Waals surface area contributed by atoms with Crippen LogP contribution in [0.3, 0.4) is 0 Å². The number of allylic oxidation sites excluding steroid dienone is 3. The third kappa shape index (κ3) is 1.87. The van der Waals surface area contributed by atoms with E-state index in [0.29, 0.717) is 6.61 Å². The smallest absolute Gasteiger partial charge is 0.125 e. The topological polar surface area (TPSA) is 35.2 Å². The molecule has 1 aliphatic heterocycles. The summed E-state index contributed by atoms with van der Waals surface area (Å²) in [5.41, 5.74) is 10.5. The molecule has 2 nitrogen and oxygen atoms in total. The van der Waals surface area contributed by atoms with Crippen molar-refractivity contribution in [3.8, 4) is 16.9 Å². The van der Waals surface area contributed by atoms with Gasteiger partial charge in [-0.3, -0.25) is 0 Å². The average Bonchev–Trinajstić information content (AvgIpc) is 2.86. The SMILES string of the molecule is Nc1cc2c(cc1-c1ccccc1)C1(C=CC=CC1)CO2.[HH]. The monoisotopic (exact) mass is 277 g/mol. The van der Waals surface area contributed by atoms with E-state index >= 15 is 0 Å². The lowest BCUT2D eigenvalue weighted by Crippen LogP contribution is -2.25. The van der Waals surface area contributed by atoms with Gasteiger partial charge in [-0.2, -0.15) is 0 Å². The quantitative estimate of drug-likeness (QED) is 0.787. The second-order valence-corrected chi connectivity index (χ2v) is 5.74. The molecule has 4 rings (SSSR count). The van der Waals surface area contributed by atoms with E-state index in [4.69, 9.17) is 10.5 Å². The molecule has 2 aliphatic rings. The van der Waals surface area contributed by atoms with Gasteiger partial charge in [-0.25, -0.2) is 0 Å². The molecule has 0 bridgehead atoms. The molecule has 1 atom stereocenters. The first kappa shape index (κ1) is 12.3. The maximum absolute atomic E-state index is 6.23. The molecule has 0 aromatic heterocycles. The number of anilines is 1. The van der Waals surface area contributed by atoms with E-state index in [9.17, 15) is 0 Å². The Bertz CT molecular complexity index is 752. The minimum Gasteiger partial charge on any atom is -0.492 e. The molecule has 2 heteroatoms. The highest BCUT2D eigenvalue weighted by Crippen LogP contribution is 2.47. The summed E-state index contributed by atoms with van der Waals surface area (Å²) in [5.74, 6) is 0.923. The van der Waals surface area contributed by atoms with Crippen molar-refractivity contribution in [1.82, 2.24) is 0 Å². The second kappa shape index (κ2) is 4.52. The van der Waals surface area contributed by atoms with Crippen molar-refractivity contribution in [1.29, 1.82) is 0 Å². The number of nitrogen functional groups attached to an aromatic ring is 1. The average molecular weight is 277 g/mol. The van der Waals surface area contributed by atoms with Gasteiger partial charge in [0.05, 0.1) is 5.41 Å². The Morgan fingerprint density at radius 2 is 1.95 bits per heavy atom. The van der Waals surface area contributed by atoms with Gasteiger partial charge in [-0.15, -0.1) is 0 Å². The lowest BCUT2D eigenvalue weighted by atomic mass is 9.76. The van der Waals surface area contributed by atoms with Crippen molar-refractivity contribution < 1.29 is 6.16 Å². The Morgan fingerprint density at radius 3 is 2.71 bits per heavy atom. The summed E-state index contributed by atoms with van der Waals surface area (Å²) in [4.78, 5) is 0. The lowest BCUT2D eigenvalue weighted by molar-refractivity contribution is 0.296. The van der Waals surface area contributed by atoms with E-state index in [1.807, 2.05) is 24.3 Å². The minimum absolute atomic E-state index is 0. The van der Waals surface area contributed by atoms with Gasteiger partial charge in [0.2, 0.25) is 0 Å². The molecule has 2 N–H and O–H groups in total. The van der Waals surface area contributed by atoms with Gasteiger partial charge in [-0.1, -0.05) is 54.6 Å². The number of hydrogen-bond acceptors (Lipinski definition) is 2. The maximum Gasteiger partial charge on any atom is 0.125 e. The third-order valence-electron chi connectivity index (χ3n) is 4.40. The Hall–Kier alpha value is -2.48. The number of ether oxygens (including phenoxy) is 1. The molecule has 1 aliphatic carbocycles. The first-order valence-electron chi connectivity index (χ1n) is 7.25. The van der Waals surface area contributed by atoms with Crippen LogP contribution in [0.2, 0.25) is 0 Å². The molecule has 0 amide bonds. The first-order chi connectivity index (χ1) is 10.3. The molecule has 1 unspecified atom stereocenters. The molecule has 0 saturated carbocycles. The van der Waals surface area contributed by atoms with Crippen LogP contribution in [-0.4, -0.2) is 6.61 Å². The van der Waals surface area contributed by atoms with Crippen LogP contribution in [0.15, 0.2) is 66.8 Å². The molecule has 1 spiro atoms. The third-order valence-corrected chi connectivity index (χ3v) is 4.40. The van der Waals surface area contributed by atoms with Gasteiger partial charge in [0.25, 0.3) is 0 Å². The van der Waals surface area contributed by atoms with E-state index in [-0.39, 0.29) is 6.84 Å². The molecular formula is C19H19NO. The normalized spacial score (nSPS) is 22.3. The van der Waals surface area contributed by atoms with E-state index in [1.165, 1.54) is 5.56 Å². The van der Waals surface area contributed by atoms with E-state index < -0.39 is 0 Å². The van der Waals surface area contributed by atoms with E-state index in [1.54, 1.807) is 0 Å². The van der Waals surface area contributed by atoms with Crippen molar-refractivity contribution in [2.75, 3.05) is 12.3 Å². The largest absolute Gasteiger partial charge is 0.492 e. The molecule has 0 radical (unpaired) electrons. The molecule has 1 heterocycles. The van der Waals surface area contributed by atoms with Gasteiger partial charge >= 0.3 is 0 Å². The van der Waals surface area contributed by atoms with Crippen LogP contribution < -0.4 is 10.5 Å². The Labute approximate surface area is 126 Å². The van der Waals surface area contributed by atoms with Crippen molar-refractivity contribution in [2.24, 2.45) is 0 Å². The Balaban J connectivity index is 0.00000144. The number of rotatable bonds is 1. The molecule has 106 valence electrons. The highest BCUT2D eigenvalue weighted by atomic mass is 16.5. The summed E-state index contributed by atoms with van der Waals surface area (Å²) in [7, 11) is 0. The molecule has 0 fully saturated rings. The van der Waals surface area contributed by atoms with Crippen molar-refractivity contribution >= 4 is 5.69 Å². The van der Waals surface area contributed by atoms with Crippen molar-refractivity contribution in [3.63, 3.8) is 0 Å². The molecule has 2 aromatic rings. The second-order valence-electron chi connectivity index (χ2n) is 5.74. The first-order valence-corrected chi connectivity index (χ1v) is 7.25. The summed E-state index contributed by atoms with van der Waals surface area (Å²) in [6.07, 6.45) is 9.65. The van der Waals surface area contributed by atoms with Crippen molar-refractivity contribution in [2.45, 2.75) is 11.8 Å². The van der Waals surface area contributed by atoms with Crippen LogP contribution in [0.1, 0.15) is 13.4 Å². The predicted octanol–water partition coefficient (Wildman–Crippen LogP) is 4.33. The fraction of sp³-hybridized carbons (Fsp3) is 0.158. The Kier molecular flexibility index (Phi) is 2.64. The summed E-state index contributed by atoms with van der Waals surface area (Å²) < 4.78 is 5.90. The van der Waals surface area contributed by atoms with Crippen LogP contribution in [-0.2, 0) is 5.41 Å². The van der Waals surface area contributed by atoms with Crippen LogP contribution in [0.5, 0.6) is 5.75 Å². The zero-order valence-corrected chi connectivity index (χ0v) is 11.8. The van der Waals surface area contributed by atoms with Gasteiger partial charge in [0, 0.05) is 24.3 Å². The predicted molar refractivity (Wildman–Crippen MR) is 88.5 cm³/mol. The zero-order valence-electron chi connectivity index (χ0n) is 11.8. The summed E-state index contributed by atoms with van der Waals surface area (Å²) in [5, 5.41) is 0. The zero-order chi connectivity index (χ0) is 14.3. The number of nitrogens with two attached hydrogens (primary N) is 1. The highest BCUT2D eigenvalue weighted by molar-refractivity contribution is 5.79. The van der Waals surface area contributed by atoms with Crippen LogP contribution in [0.25, 0.3) is 11.1 Å². The van der Waals surface area contributed by atoms with Gasteiger partial charge in [0.1, 0.15) is 12.4 Å². The summed E-state index contributed by atoms with van der Waals surface area (Å²) in [6.45, 7) is 0.695. The fourth-order valence-corrected chi connectivity index (χ4v) is 3.23. The summed E-state index contributed by atoms with van der Waals surface area (Å²) >= 11 is 0. The van der Waals surface area contributed by atoms with E-state index in [0.717, 1.165) is 29.0 Å². The summed E-state index contributed by atoms with van der Waals surface area (Å²) in [6, 6.07) is 14.5. The maximum atomic E-state index is 6.23. The molecular weight excluding hydrogens is 258 g/mol. The van der Waals surface area contributed by atoms with Crippen molar-refractivity contribution in [3.05, 3.63) is 72.3 Å². The molecule has 21 heavy (non-hydrogen) atoms. The molecule has 2 aromatic carbocycles. The van der Waals surface area contributed by atoms with Crippen LogP contribution in [0, 0.1) is 0 Å². The molecule has 0 saturated heterocycles. The Morgan fingerprint density at radius 1 is 1.10 bits per heavy atom. The van der Waals surface area contributed by atoms with E-state index in [2.05, 4.69) is 42.5 Å². The fourth-order valence-electron chi connectivity index (χ4n) is 3.23. The van der Waals surface area contributed by atoms with Crippen LogP contribution in [0.4, 0.5) is 5.69 Å².